The van der Waals surface area contributed by atoms with Crippen molar-refractivity contribution in [1.82, 2.24) is 20.5 Å². The molecule has 1 fully saturated rings. The predicted octanol–water partition coefficient (Wildman–Crippen LogP) is 0.183. The molecule has 1 aliphatic heterocycles. The summed E-state index contributed by atoms with van der Waals surface area (Å²) >= 11 is 0. The number of hydrogen-bond acceptors (Lipinski definition) is 6. The Bertz CT molecular complexity index is 1260. The van der Waals surface area contributed by atoms with Crippen LogP contribution in [0.1, 0.15) is 51.5 Å². The maximum Gasteiger partial charge on any atom is 0.326 e. The van der Waals surface area contributed by atoms with E-state index < -0.39 is 47.9 Å². The second-order valence-electron chi connectivity index (χ2n) is 10.6. The number of rotatable bonds is 14. The van der Waals surface area contributed by atoms with E-state index in [0.29, 0.717) is 25.7 Å². The molecule has 0 bridgehead atoms. The third-order valence-electron chi connectivity index (χ3n) is 7.67. The number of para-hydroxylation sites is 1. The summed E-state index contributed by atoms with van der Waals surface area (Å²) in [7, 11) is 0. The quantitative estimate of drug-likeness (QED) is 0.0940. The van der Waals surface area contributed by atoms with Gasteiger partial charge < -0.3 is 42.8 Å². The van der Waals surface area contributed by atoms with Crippen molar-refractivity contribution >= 4 is 40.6 Å². The predicted molar refractivity (Wildman–Crippen MR) is 156 cm³/mol. The monoisotopic (exact) mass is 570 g/mol. The number of benzene rings is 1. The first-order chi connectivity index (χ1) is 19.5. The van der Waals surface area contributed by atoms with Gasteiger partial charge in [-0.3, -0.25) is 19.4 Å². The van der Waals surface area contributed by atoms with Crippen LogP contribution in [0.2, 0.25) is 0 Å². The molecule has 10 N–H and O–H groups in total. The van der Waals surface area contributed by atoms with Gasteiger partial charge in [0, 0.05) is 36.6 Å². The van der Waals surface area contributed by atoms with E-state index in [1.807, 2.05) is 38.1 Å². The van der Waals surface area contributed by atoms with E-state index >= 15 is 0 Å². The number of guanidine groups is 1. The van der Waals surface area contributed by atoms with Gasteiger partial charge in [0.25, 0.3) is 0 Å². The molecular formula is C28H42N8O5. The first kappa shape index (κ1) is 31.4. The van der Waals surface area contributed by atoms with E-state index in [1.165, 1.54) is 4.90 Å². The number of likely N-dealkylation sites (tertiary alicyclic amines) is 1. The number of nitrogens with one attached hydrogen (secondary N) is 3. The van der Waals surface area contributed by atoms with E-state index in [2.05, 4.69) is 20.6 Å². The summed E-state index contributed by atoms with van der Waals surface area (Å²) in [6.07, 6.45) is 4.03. The maximum atomic E-state index is 13.8. The van der Waals surface area contributed by atoms with Gasteiger partial charge in [0.1, 0.15) is 18.1 Å². The molecule has 3 amide bonds. The minimum absolute atomic E-state index is 0.0863. The summed E-state index contributed by atoms with van der Waals surface area (Å²) in [6.45, 7) is 4.29. The number of aromatic nitrogens is 1. The van der Waals surface area contributed by atoms with Crippen molar-refractivity contribution in [2.24, 2.45) is 28.1 Å². The molecule has 2 aromatic rings. The van der Waals surface area contributed by atoms with E-state index in [0.717, 1.165) is 16.5 Å². The Hall–Kier alpha value is -4.13. The van der Waals surface area contributed by atoms with Crippen LogP contribution in [0.4, 0.5) is 0 Å². The van der Waals surface area contributed by atoms with Gasteiger partial charge in [-0.25, -0.2) is 4.79 Å². The lowest BCUT2D eigenvalue weighted by atomic mass is 9.98. The molecule has 1 aliphatic rings. The van der Waals surface area contributed by atoms with Crippen LogP contribution in [0.25, 0.3) is 10.9 Å². The van der Waals surface area contributed by atoms with Crippen LogP contribution < -0.4 is 27.8 Å². The SMILES string of the molecule is CCC(C)C(N)C(=O)NC(CCCN=C(N)N)C(=O)NC(Cc1c[nH]c2ccccc12)C(=O)N1CCCC1C(=O)O. The highest BCUT2D eigenvalue weighted by Gasteiger charge is 2.38. The summed E-state index contributed by atoms with van der Waals surface area (Å²) in [5.41, 5.74) is 18.6. The van der Waals surface area contributed by atoms with Gasteiger partial charge >= 0.3 is 5.97 Å². The Kier molecular flexibility index (Phi) is 11.1. The van der Waals surface area contributed by atoms with Crippen LogP contribution in [0.15, 0.2) is 35.5 Å². The van der Waals surface area contributed by atoms with Crippen LogP contribution in [-0.2, 0) is 25.6 Å². The van der Waals surface area contributed by atoms with Crippen LogP contribution >= 0.6 is 0 Å². The highest BCUT2D eigenvalue weighted by molar-refractivity contribution is 5.95. The molecule has 1 saturated heterocycles. The van der Waals surface area contributed by atoms with Crippen molar-refractivity contribution in [2.45, 2.75) is 76.5 Å². The molecule has 0 radical (unpaired) electrons. The number of carboxylic acid groups (broad SMARTS) is 1. The lowest BCUT2D eigenvalue weighted by Gasteiger charge is -2.29. The molecule has 5 unspecified atom stereocenters. The summed E-state index contributed by atoms with van der Waals surface area (Å²) in [5.74, 6) is -2.83. The maximum absolute atomic E-state index is 13.8. The number of nitrogens with two attached hydrogens (primary N) is 3. The molecule has 13 heteroatoms. The number of carboxylic acids is 1. The van der Waals surface area contributed by atoms with Gasteiger partial charge in [-0.2, -0.15) is 0 Å². The Morgan fingerprint density at radius 2 is 1.85 bits per heavy atom. The molecule has 2 heterocycles. The number of nitrogens with zero attached hydrogens (tertiary/aromatic N) is 2. The van der Waals surface area contributed by atoms with Gasteiger partial charge in [0.2, 0.25) is 17.7 Å². The van der Waals surface area contributed by atoms with Gasteiger partial charge in [0.15, 0.2) is 5.96 Å². The smallest absolute Gasteiger partial charge is 0.326 e. The number of aliphatic carboxylic acids is 1. The van der Waals surface area contributed by atoms with Crippen molar-refractivity contribution < 1.29 is 24.3 Å². The van der Waals surface area contributed by atoms with Crippen LogP contribution in [0.3, 0.4) is 0 Å². The Balaban J connectivity index is 1.87. The van der Waals surface area contributed by atoms with Crippen molar-refractivity contribution in [3.8, 4) is 0 Å². The van der Waals surface area contributed by atoms with Crippen LogP contribution in [-0.4, -0.2) is 81.9 Å². The van der Waals surface area contributed by atoms with Crippen LogP contribution in [0.5, 0.6) is 0 Å². The first-order valence-corrected chi connectivity index (χ1v) is 14.0. The highest BCUT2D eigenvalue weighted by Crippen LogP contribution is 2.23. The molecule has 41 heavy (non-hydrogen) atoms. The number of fused-ring (bicyclic) bond motifs is 1. The van der Waals surface area contributed by atoms with Gasteiger partial charge in [-0.05, 0) is 43.2 Å². The average molecular weight is 571 g/mol. The highest BCUT2D eigenvalue weighted by atomic mass is 16.4. The number of amides is 3. The molecule has 0 aliphatic carbocycles. The molecule has 1 aromatic heterocycles. The van der Waals surface area contributed by atoms with Gasteiger partial charge in [-0.1, -0.05) is 38.5 Å². The number of carbonyl (C=O) groups excluding carboxylic acids is 3. The minimum atomic E-state index is -1.09. The van der Waals surface area contributed by atoms with Crippen molar-refractivity contribution in [2.75, 3.05) is 13.1 Å². The summed E-state index contributed by atoms with van der Waals surface area (Å²) < 4.78 is 0. The molecule has 5 atom stereocenters. The number of hydrogen-bond donors (Lipinski definition) is 7. The zero-order valence-corrected chi connectivity index (χ0v) is 23.6. The van der Waals surface area contributed by atoms with Crippen LogP contribution in [0, 0.1) is 5.92 Å². The number of aromatic amines is 1. The molecule has 224 valence electrons. The van der Waals surface area contributed by atoms with E-state index in [4.69, 9.17) is 17.2 Å². The standard InChI is InChI=1S/C28H42N8O5/c1-3-16(2)23(29)25(38)34-20(10-6-12-32-28(30)31)24(37)35-21(26(39)36-13-7-11-22(36)27(40)41)14-17-15-33-19-9-5-4-8-18(17)19/h4-5,8-9,15-16,20-23,33H,3,6-7,10-14,29H2,1-2H3,(H,34,38)(H,35,37)(H,40,41)(H4,30,31,32). The second kappa shape index (κ2) is 14.5. The zero-order chi connectivity index (χ0) is 30.1. The lowest BCUT2D eigenvalue weighted by molar-refractivity contribution is -0.149. The minimum Gasteiger partial charge on any atom is -0.480 e. The topological polar surface area (TPSA) is 222 Å². The van der Waals surface area contributed by atoms with E-state index in [9.17, 15) is 24.3 Å². The third-order valence-corrected chi connectivity index (χ3v) is 7.67. The molecule has 0 saturated carbocycles. The third kappa shape index (κ3) is 8.19. The fourth-order valence-corrected chi connectivity index (χ4v) is 5.03. The summed E-state index contributed by atoms with van der Waals surface area (Å²) in [4.78, 5) is 60.6. The molecular weight excluding hydrogens is 528 g/mol. The number of aliphatic imine (C=N–C) groups is 1. The average Bonchev–Trinajstić information content (AvgIpc) is 3.60. The van der Waals surface area contributed by atoms with Crippen molar-refractivity contribution in [1.29, 1.82) is 0 Å². The first-order valence-electron chi connectivity index (χ1n) is 14.0. The van der Waals surface area contributed by atoms with Gasteiger partial charge in [-0.15, -0.1) is 0 Å². The van der Waals surface area contributed by atoms with Crippen molar-refractivity contribution in [3.05, 3.63) is 36.0 Å². The Morgan fingerprint density at radius 1 is 1.15 bits per heavy atom. The second-order valence-corrected chi connectivity index (χ2v) is 10.6. The Labute approximate surface area is 239 Å². The Morgan fingerprint density at radius 3 is 2.54 bits per heavy atom. The fourth-order valence-electron chi connectivity index (χ4n) is 5.03. The number of carbonyl (C=O) groups is 4. The largest absolute Gasteiger partial charge is 0.480 e. The van der Waals surface area contributed by atoms with E-state index in [1.54, 1.807) is 6.20 Å². The summed E-state index contributed by atoms with van der Waals surface area (Å²) in [5, 5.41) is 16.1. The number of H-pyrrole nitrogens is 1. The van der Waals surface area contributed by atoms with E-state index in [-0.39, 0.29) is 37.8 Å². The molecule has 3 rings (SSSR count). The normalized spacial score (nSPS) is 17.8. The fraction of sp³-hybridized carbons (Fsp3) is 0.536. The molecule has 13 nitrogen and oxygen atoms in total. The lowest BCUT2D eigenvalue weighted by Crippen LogP contribution is -2.58. The molecule has 1 aromatic carbocycles. The molecule has 0 spiro atoms. The summed E-state index contributed by atoms with van der Waals surface area (Å²) in [6, 6.07) is 3.70. The zero-order valence-electron chi connectivity index (χ0n) is 23.6. The van der Waals surface area contributed by atoms with Crippen molar-refractivity contribution in [3.63, 3.8) is 0 Å². The van der Waals surface area contributed by atoms with Gasteiger partial charge in [0.05, 0.1) is 6.04 Å².